The summed E-state index contributed by atoms with van der Waals surface area (Å²) in [5.41, 5.74) is -4.23. The molecule has 3 aromatic carbocycles. The van der Waals surface area contributed by atoms with E-state index in [2.05, 4.69) is 5.16 Å². The lowest BCUT2D eigenvalue weighted by molar-refractivity contribution is -0.0429. The SMILES string of the molecule is N#Cc1ccc(CO/N=C(\c2ccccc2)c2cc(Cl)ccc2NS(=O)(=O)C(F)(F)F)cc1. The maximum absolute atomic E-state index is 12.9. The molecule has 0 aliphatic heterocycles. The molecule has 0 saturated carbocycles. The standard InChI is InChI=1S/C22H15ClF3N3O3S/c23-18-10-11-20(29-33(30,31)22(24,25)26)19(12-18)21(17-4-2-1-3-5-17)28-32-14-16-8-6-15(13-27)7-9-16/h1-12,29H,14H2/b28-21+. The number of halogens is 4. The van der Waals surface area contributed by atoms with Crippen molar-refractivity contribution in [2.24, 2.45) is 5.16 Å². The molecule has 0 aliphatic rings. The van der Waals surface area contributed by atoms with E-state index >= 15 is 0 Å². The minimum absolute atomic E-state index is 0.00772. The van der Waals surface area contributed by atoms with Crippen molar-refractivity contribution in [2.75, 3.05) is 4.72 Å². The van der Waals surface area contributed by atoms with Gasteiger partial charge in [0.05, 0.1) is 17.3 Å². The minimum Gasteiger partial charge on any atom is -0.390 e. The van der Waals surface area contributed by atoms with Gasteiger partial charge in [0.25, 0.3) is 0 Å². The van der Waals surface area contributed by atoms with E-state index < -0.39 is 15.5 Å². The lowest BCUT2D eigenvalue weighted by atomic mass is 10.0. The second kappa shape index (κ2) is 9.94. The zero-order valence-electron chi connectivity index (χ0n) is 16.7. The van der Waals surface area contributed by atoms with Crippen LogP contribution in [0.15, 0.2) is 78.0 Å². The van der Waals surface area contributed by atoms with E-state index in [1.54, 1.807) is 59.3 Å². The number of benzene rings is 3. The first-order valence-electron chi connectivity index (χ1n) is 9.24. The number of oxime groups is 1. The molecule has 0 bridgehead atoms. The first-order valence-corrected chi connectivity index (χ1v) is 11.1. The summed E-state index contributed by atoms with van der Waals surface area (Å²) >= 11 is 6.05. The van der Waals surface area contributed by atoms with Crippen LogP contribution in [0, 0.1) is 11.3 Å². The first kappa shape index (κ1) is 24.1. The van der Waals surface area contributed by atoms with Crippen LogP contribution in [0.25, 0.3) is 0 Å². The zero-order chi connectivity index (χ0) is 24.1. The lowest BCUT2D eigenvalue weighted by Crippen LogP contribution is -2.30. The molecule has 3 aromatic rings. The van der Waals surface area contributed by atoms with Crippen LogP contribution in [-0.2, 0) is 21.5 Å². The van der Waals surface area contributed by atoms with Gasteiger partial charge in [-0.2, -0.15) is 26.9 Å². The Balaban J connectivity index is 2.02. The van der Waals surface area contributed by atoms with Gasteiger partial charge in [-0.25, -0.2) is 0 Å². The van der Waals surface area contributed by atoms with E-state index in [0.29, 0.717) is 16.7 Å². The van der Waals surface area contributed by atoms with E-state index in [0.717, 1.165) is 6.07 Å². The van der Waals surface area contributed by atoms with Crippen LogP contribution < -0.4 is 4.72 Å². The highest BCUT2D eigenvalue weighted by Gasteiger charge is 2.46. The van der Waals surface area contributed by atoms with Crippen LogP contribution in [0.4, 0.5) is 18.9 Å². The third-order valence-corrected chi connectivity index (χ3v) is 5.64. The molecule has 6 nitrogen and oxygen atoms in total. The Labute approximate surface area is 192 Å². The average Bonchev–Trinajstić information content (AvgIpc) is 2.78. The van der Waals surface area contributed by atoms with Crippen LogP contribution in [0.3, 0.4) is 0 Å². The van der Waals surface area contributed by atoms with Gasteiger partial charge in [-0.3, -0.25) is 4.72 Å². The maximum Gasteiger partial charge on any atom is 0.516 e. The van der Waals surface area contributed by atoms with Gasteiger partial charge in [0.2, 0.25) is 0 Å². The molecule has 33 heavy (non-hydrogen) atoms. The second-order valence-corrected chi connectivity index (χ2v) is 8.74. The second-order valence-electron chi connectivity index (χ2n) is 6.63. The largest absolute Gasteiger partial charge is 0.516 e. The Morgan fingerprint density at radius 2 is 1.73 bits per heavy atom. The number of anilines is 1. The Morgan fingerprint density at radius 1 is 1.06 bits per heavy atom. The van der Waals surface area contributed by atoms with Gasteiger partial charge in [-0.1, -0.05) is 59.2 Å². The van der Waals surface area contributed by atoms with E-state index in [1.807, 2.05) is 6.07 Å². The molecule has 3 rings (SSSR count). The van der Waals surface area contributed by atoms with Gasteiger partial charge in [0.1, 0.15) is 12.3 Å². The van der Waals surface area contributed by atoms with Gasteiger partial charge >= 0.3 is 15.5 Å². The van der Waals surface area contributed by atoms with Crippen LogP contribution in [0.5, 0.6) is 0 Å². The third-order valence-electron chi connectivity index (χ3n) is 4.30. The molecule has 0 spiro atoms. The van der Waals surface area contributed by atoms with Gasteiger partial charge in [-0.15, -0.1) is 0 Å². The Hall–Kier alpha value is -3.55. The number of nitrogens with one attached hydrogen (secondary N) is 1. The molecule has 0 amide bonds. The highest BCUT2D eigenvalue weighted by molar-refractivity contribution is 7.93. The zero-order valence-corrected chi connectivity index (χ0v) is 18.2. The summed E-state index contributed by atoms with van der Waals surface area (Å²) < 4.78 is 63.8. The van der Waals surface area contributed by atoms with Crippen molar-refractivity contribution in [3.05, 3.63) is 100 Å². The fourth-order valence-corrected chi connectivity index (χ4v) is 3.46. The molecule has 0 unspecified atom stereocenters. The number of sulfonamides is 1. The summed E-state index contributed by atoms with van der Waals surface area (Å²) in [6.45, 7) is -0.00772. The number of rotatable bonds is 7. The van der Waals surface area contributed by atoms with Crippen LogP contribution in [-0.4, -0.2) is 19.6 Å². The monoisotopic (exact) mass is 493 g/mol. The van der Waals surface area contributed by atoms with Crippen molar-refractivity contribution >= 4 is 33.0 Å². The number of nitrogens with zero attached hydrogens (tertiary/aromatic N) is 2. The molecule has 11 heteroatoms. The number of nitriles is 1. The maximum atomic E-state index is 12.9. The fourth-order valence-electron chi connectivity index (χ4n) is 2.70. The van der Waals surface area contributed by atoms with Crippen molar-refractivity contribution in [3.63, 3.8) is 0 Å². The summed E-state index contributed by atoms with van der Waals surface area (Å²) in [7, 11) is -5.69. The van der Waals surface area contributed by atoms with Crippen molar-refractivity contribution in [1.29, 1.82) is 5.26 Å². The smallest absolute Gasteiger partial charge is 0.390 e. The average molecular weight is 494 g/mol. The number of hydrogen-bond donors (Lipinski definition) is 1. The molecule has 0 saturated heterocycles. The third kappa shape index (κ3) is 6.03. The summed E-state index contributed by atoms with van der Waals surface area (Å²) in [6.07, 6.45) is 0. The van der Waals surface area contributed by atoms with Crippen molar-refractivity contribution in [3.8, 4) is 6.07 Å². The molecular weight excluding hydrogens is 479 g/mol. The summed E-state index contributed by atoms with van der Waals surface area (Å²) in [6, 6.07) is 20.5. The van der Waals surface area contributed by atoms with Crippen molar-refractivity contribution in [1.82, 2.24) is 0 Å². The van der Waals surface area contributed by atoms with Crippen LogP contribution in [0.1, 0.15) is 22.3 Å². The van der Waals surface area contributed by atoms with E-state index in [4.69, 9.17) is 21.7 Å². The Bertz CT molecular complexity index is 1300. The first-order chi connectivity index (χ1) is 15.6. The molecule has 1 N–H and O–H groups in total. The van der Waals surface area contributed by atoms with E-state index in [1.165, 1.54) is 12.1 Å². The van der Waals surface area contributed by atoms with Crippen molar-refractivity contribution in [2.45, 2.75) is 12.1 Å². The molecule has 0 radical (unpaired) electrons. The summed E-state index contributed by atoms with van der Waals surface area (Å²) in [5, 5.41) is 13.1. The van der Waals surface area contributed by atoms with Gasteiger partial charge in [0.15, 0.2) is 0 Å². The van der Waals surface area contributed by atoms with Gasteiger partial charge < -0.3 is 4.84 Å². The predicted octanol–water partition coefficient (Wildman–Crippen LogP) is 5.44. The van der Waals surface area contributed by atoms with Crippen LogP contribution >= 0.6 is 11.6 Å². The highest BCUT2D eigenvalue weighted by Crippen LogP contribution is 2.30. The highest BCUT2D eigenvalue weighted by atomic mass is 35.5. The predicted molar refractivity (Wildman–Crippen MR) is 118 cm³/mol. The Kier molecular flexibility index (Phi) is 7.26. The van der Waals surface area contributed by atoms with Gasteiger partial charge in [-0.05, 0) is 35.9 Å². The topological polar surface area (TPSA) is 91.5 Å². The number of hydrogen-bond acceptors (Lipinski definition) is 5. The van der Waals surface area contributed by atoms with Crippen LogP contribution in [0.2, 0.25) is 5.02 Å². The molecular formula is C22H15ClF3N3O3S. The molecule has 170 valence electrons. The molecule has 0 atom stereocenters. The summed E-state index contributed by atoms with van der Waals surface area (Å²) in [5.74, 6) is 0. The van der Waals surface area contributed by atoms with E-state index in [9.17, 15) is 21.6 Å². The van der Waals surface area contributed by atoms with E-state index in [-0.39, 0.29) is 28.6 Å². The molecule has 0 aromatic heterocycles. The molecule has 0 heterocycles. The Morgan fingerprint density at radius 3 is 2.33 bits per heavy atom. The van der Waals surface area contributed by atoms with Gasteiger partial charge in [0, 0.05) is 16.1 Å². The lowest BCUT2D eigenvalue weighted by Gasteiger charge is -2.16. The quantitative estimate of drug-likeness (QED) is 0.350. The normalized spacial score (nSPS) is 12.2. The number of alkyl halides is 3. The molecule has 0 aliphatic carbocycles. The molecule has 0 fully saturated rings. The van der Waals surface area contributed by atoms with Crippen molar-refractivity contribution < 1.29 is 26.4 Å². The summed E-state index contributed by atoms with van der Waals surface area (Å²) in [4.78, 5) is 5.42. The minimum atomic E-state index is -5.69. The fraction of sp³-hybridized carbons (Fsp3) is 0.0909.